The molecule has 0 aromatic heterocycles. The maximum Gasteiger partial charge on any atom is 0.407 e. The highest BCUT2D eigenvalue weighted by molar-refractivity contribution is 5.85. The molecule has 0 fully saturated rings. The number of ether oxygens (including phenoxy) is 2. The van der Waals surface area contributed by atoms with Gasteiger partial charge in [-0.2, -0.15) is 0 Å². The molecule has 0 bridgehead atoms. The number of hydrogen-bond donors (Lipinski definition) is 1. The predicted molar refractivity (Wildman–Crippen MR) is 86.3 cm³/mol. The van der Waals surface area contributed by atoms with Gasteiger partial charge in [0.1, 0.15) is 12.4 Å². The summed E-state index contributed by atoms with van der Waals surface area (Å²) in [5, 5.41) is 2.46. The molecular formula is C18H19NO4. The minimum Gasteiger partial charge on any atom is -0.497 e. The van der Waals surface area contributed by atoms with Crippen molar-refractivity contribution in [3.05, 3.63) is 65.7 Å². The van der Waals surface area contributed by atoms with Crippen molar-refractivity contribution in [2.75, 3.05) is 13.7 Å². The van der Waals surface area contributed by atoms with E-state index in [9.17, 15) is 9.59 Å². The van der Waals surface area contributed by atoms with Crippen molar-refractivity contribution in [1.82, 2.24) is 5.32 Å². The van der Waals surface area contributed by atoms with Gasteiger partial charge in [-0.15, -0.1) is 0 Å². The molecule has 0 unspecified atom stereocenters. The number of alkyl carbamates (subject to hydrolysis) is 1. The Morgan fingerprint density at radius 1 is 0.957 bits per heavy atom. The van der Waals surface area contributed by atoms with Crippen LogP contribution < -0.4 is 10.1 Å². The minimum absolute atomic E-state index is 0.0559. The lowest BCUT2D eigenvalue weighted by Crippen LogP contribution is -2.30. The Balaban J connectivity index is 1.69. The van der Waals surface area contributed by atoms with Crippen LogP contribution in [0.3, 0.4) is 0 Å². The summed E-state index contributed by atoms with van der Waals surface area (Å²) in [5.74, 6) is 0.649. The summed E-state index contributed by atoms with van der Waals surface area (Å²) in [5.41, 5.74) is 1.77. The monoisotopic (exact) mass is 313 g/mol. The van der Waals surface area contributed by atoms with Crippen LogP contribution in [-0.2, 0) is 22.6 Å². The highest BCUT2D eigenvalue weighted by Gasteiger charge is 2.08. The molecule has 0 spiro atoms. The van der Waals surface area contributed by atoms with Gasteiger partial charge in [0.2, 0.25) is 0 Å². The fourth-order valence-corrected chi connectivity index (χ4v) is 1.98. The first-order valence-electron chi connectivity index (χ1n) is 7.26. The van der Waals surface area contributed by atoms with E-state index in [-0.39, 0.29) is 25.4 Å². The van der Waals surface area contributed by atoms with Crippen LogP contribution in [0.25, 0.3) is 0 Å². The van der Waals surface area contributed by atoms with Gasteiger partial charge in [0.05, 0.1) is 13.7 Å². The van der Waals surface area contributed by atoms with Gasteiger partial charge in [-0.05, 0) is 23.3 Å². The Kier molecular flexibility index (Phi) is 6.17. The second-order valence-corrected chi connectivity index (χ2v) is 4.98. The van der Waals surface area contributed by atoms with Crippen LogP contribution >= 0.6 is 0 Å². The average Bonchev–Trinajstić information content (AvgIpc) is 2.60. The topological polar surface area (TPSA) is 64.6 Å². The van der Waals surface area contributed by atoms with Crippen LogP contribution in [0.4, 0.5) is 4.79 Å². The summed E-state index contributed by atoms with van der Waals surface area (Å²) < 4.78 is 10.1. The molecule has 0 aliphatic carbocycles. The van der Waals surface area contributed by atoms with Crippen molar-refractivity contribution in [1.29, 1.82) is 0 Å². The van der Waals surface area contributed by atoms with Crippen molar-refractivity contribution in [2.24, 2.45) is 0 Å². The maximum atomic E-state index is 11.8. The van der Waals surface area contributed by atoms with E-state index in [0.29, 0.717) is 0 Å². The molecule has 0 radical (unpaired) electrons. The standard InChI is InChI=1S/C18H19NO4/c1-22-17-9-7-14(8-10-17)11-16(20)12-19-18(21)23-13-15-5-3-2-4-6-15/h2-10H,11-13H2,1H3,(H,19,21). The normalized spacial score (nSPS) is 9.96. The van der Waals surface area contributed by atoms with Crippen LogP contribution in [-0.4, -0.2) is 25.5 Å². The van der Waals surface area contributed by atoms with Crippen LogP contribution in [0, 0.1) is 0 Å². The zero-order valence-corrected chi connectivity index (χ0v) is 13.0. The third kappa shape index (κ3) is 5.82. The molecule has 2 aromatic carbocycles. The third-order valence-electron chi connectivity index (χ3n) is 3.20. The van der Waals surface area contributed by atoms with Crippen LogP contribution in [0.15, 0.2) is 54.6 Å². The van der Waals surface area contributed by atoms with Crippen LogP contribution in [0.2, 0.25) is 0 Å². The number of benzene rings is 2. The van der Waals surface area contributed by atoms with Crippen LogP contribution in [0.1, 0.15) is 11.1 Å². The number of amides is 1. The van der Waals surface area contributed by atoms with Gasteiger partial charge in [-0.25, -0.2) is 4.79 Å². The molecule has 5 nitrogen and oxygen atoms in total. The van der Waals surface area contributed by atoms with Gasteiger partial charge in [0.15, 0.2) is 5.78 Å². The fraction of sp³-hybridized carbons (Fsp3) is 0.222. The molecule has 0 saturated carbocycles. The summed E-state index contributed by atoms with van der Waals surface area (Å²) >= 11 is 0. The van der Waals surface area contributed by atoms with E-state index in [0.717, 1.165) is 16.9 Å². The molecule has 0 aliphatic rings. The van der Waals surface area contributed by atoms with E-state index < -0.39 is 6.09 Å². The Labute approximate surface area is 135 Å². The molecule has 1 amide bonds. The highest BCUT2D eigenvalue weighted by atomic mass is 16.5. The number of ketones is 1. The Morgan fingerprint density at radius 2 is 1.65 bits per heavy atom. The van der Waals surface area contributed by atoms with Gasteiger partial charge < -0.3 is 14.8 Å². The lowest BCUT2D eigenvalue weighted by atomic mass is 10.1. The molecule has 120 valence electrons. The summed E-state index contributed by atoms with van der Waals surface area (Å²) in [7, 11) is 1.59. The first-order valence-corrected chi connectivity index (χ1v) is 7.26. The molecule has 23 heavy (non-hydrogen) atoms. The first kappa shape index (κ1) is 16.5. The van der Waals surface area contributed by atoms with E-state index in [1.807, 2.05) is 42.5 Å². The fourth-order valence-electron chi connectivity index (χ4n) is 1.98. The largest absolute Gasteiger partial charge is 0.497 e. The Hall–Kier alpha value is -2.82. The number of rotatable bonds is 7. The van der Waals surface area contributed by atoms with E-state index in [2.05, 4.69) is 5.32 Å². The molecule has 2 aromatic rings. The molecule has 0 heterocycles. The van der Waals surface area contributed by atoms with Crippen molar-refractivity contribution in [3.8, 4) is 5.75 Å². The number of Topliss-reactive ketones (excluding diaryl/α,β-unsaturated/α-hetero) is 1. The number of hydrogen-bond acceptors (Lipinski definition) is 4. The summed E-state index contributed by atoms with van der Waals surface area (Å²) in [6, 6.07) is 16.6. The lowest BCUT2D eigenvalue weighted by Gasteiger charge is -2.07. The van der Waals surface area contributed by atoms with Crippen molar-refractivity contribution < 1.29 is 19.1 Å². The van der Waals surface area contributed by atoms with Crippen molar-refractivity contribution in [2.45, 2.75) is 13.0 Å². The molecule has 0 atom stereocenters. The summed E-state index contributed by atoms with van der Waals surface area (Å²) in [6.07, 6.45) is -0.347. The number of carbonyl (C=O) groups is 2. The van der Waals surface area contributed by atoms with Crippen molar-refractivity contribution >= 4 is 11.9 Å². The minimum atomic E-state index is -0.600. The Bertz CT molecular complexity index is 638. The van der Waals surface area contributed by atoms with Gasteiger partial charge in [0.25, 0.3) is 0 Å². The van der Waals surface area contributed by atoms with E-state index in [1.165, 1.54) is 0 Å². The molecule has 0 saturated heterocycles. The van der Waals surface area contributed by atoms with Gasteiger partial charge >= 0.3 is 6.09 Å². The van der Waals surface area contributed by atoms with Gasteiger partial charge in [-0.3, -0.25) is 4.79 Å². The zero-order chi connectivity index (χ0) is 16.5. The summed E-state index contributed by atoms with van der Waals surface area (Å²) in [4.78, 5) is 23.4. The molecule has 1 N–H and O–H groups in total. The van der Waals surface area contributed by atoms with E-state index >= 15 is 0 Å². The quantitative estimate of drug-likeness (QED) is 0.853. The molecule has 5 heteroatoms. The summed E-state index contributed by atoms with van der Waals surface area (Å²) in [6.45, 7) is 0.124. The molecule has 2 rings (SSSR count). The number of methoxy groups -OCH3 is 1. The Morgan fingerprint density at radius 3 is 2.30 bits per heavy atom. The second-order valence-electron chi connectivity index (χ2n) is 4.98. The van der Waals surface area contributed by atoms with Crippen molar-refractivity contribution in [3.63, 3.8) is 0 Å². The molecule has 0 aliphatic heterocycles. The first-order chi connectivity index (χ1) is 11.2. The number of carbonyl (C=O) groups excluding carboxylic acids is 2. The SMILES string of the molecule is COc1ccc(CC(=O)CNC(=O)OCc2ccccc2)cc1. The second kappa shape index (κ2) is 8.58. The van der Waals surface area contributed by atoms with E-state index in [1.54, 1.807) is 19.2 Å². The highest BCUT2D eigenvalue weighted by Crippen LogP contribution is 2.11. The van der Waals surface area contributed by atoms with Gasteiger partial charge in [0, 0.05) is 6.42 Å². The van der Waals surface area contributed by atoms with E-state index in [4.69, 9.17) is 9.47 Å². The maximum absolute atomic E-state index is 11.8. The van der Waals surface area contributed by atoms with Crippen LogP contribution in [0.5, 0.6) is 5.75 Å². The smallest absolute Gasteiger partial charge is 0.407 e. The lowest BCUT2D eigenvalue weighted by molar-refractivity contribution is -0.117. The average molecular weight is 313 g/mol. The van der Waals surface area contributed by atoms with Gasteiger partial charge in [-0.1, -0.05) is 42.5 Å². The zero-order valence-electron chi connectivity index (χ0n) is 13.0. The third-order valence-corrected chi connectivity index (χ3v) is 3.20. The number of nitrogens with one attached hydrogen (secondary N) is 1. The molecular weight excluding hydrogens is 294 g/mol. The predicted octanol–water partition coefficient (Wildman–Crippen LogP) is 2.73.